The quantitative estimate of drug-likeness (QED) is 0.807. The zero-order valence-electron chi connectivity index (χ0n) is 10.6. The van der Waals surface area contributed by atoms with E-state index in [-0.39, 0.29) is 5.91 Å². The van der Waals surface area contributed by atoms with Gasteiger partial charge in [-0.2, -0.15) is 0 Å². The number of amides is 1. The Hall–Kier alpha value is -2.51. The largest absolute Gasteiger partial charge is 0.459 e. The van der Waals surface area contributed by atoms with Crippen LogP contribution in [-0.2, 0) is 0 Å². The molecular weight excluding hydrogens is 240 g/mol. The smallest absolute Gasteiger partial charge is 0.291 e. The van der Waals surface area contributed by atoms with Crippen LogP contribution >= 0.6 is 0 Å². The Labute approximate surface area is 111 Å². The molecule has 2 aromatic rings. The van der Waals surface area contributed by atoms with Gasteiger partial charge in [0.05, 0.1) is 12.8 Å². The maximum absolute atomic E-state index is 12.0. The molecule has 1 amide bonds. The highest BCUT2D eigenvalue weighted by Crippen LogP contribution is 2.14. The molecule has 4 heteroatoms. The van der Waals surface area contributed by atoms with Crippen molar-refractivity contribution in [1.29, 1.82) is 0 Å². The summed E-state index contributed by atoms with van der Waals surface area (Å²) in [6, 6.07) is 9.02. The number of anilines is 1. The van der Waals surface area contributed by atoms with Crippen LogP contribution in [0.1, 0.15) is 21.7 Å². The van der Waals surface area contributed by atoms with Gasteiger partial charge in [0.15, 0.2) is 5.76 Å². The van der Waals surface area contributed by atoms with Gasteiger partial charge in [-0.1, -0.05) is 17.9 Å². The molecule has 0 aliphatic rings. The molecule has 0 unspecified atom stereocenters. The molecular formula is C15H14N2O2. The highest BCUT2D eigenvalue weighted by Gasteiger charge is 2.12. The third kappa shape index (κ3) is 3.24. The predicted octanol–water partition coefficient (Wildman–Crippen LogP) is 2.15. The minimum Gasteiger partial charge on any atom is -0.459 e. The van der Waals surface area contributed by atoms with Crippen LogP contribution in [0.4, 0.5) is 5.69 Å². The van der Waals surface area contributed by atoms with E-state index in [9.17, 15) is 4.79 Å². The van der Waals surface area contributed by atoms with Crippen molar-refractivity contribution in [3.63, 3.8) is 0 Å². The lowest BCUT2D eigenvalue weighted by Gasteiger charge is -2.04. The van der Waals surface area contributed by atoms with Gasteiger partial charge in [-0.15, -0.1) is 0 Å². The average Bonchev–Trinajstić information content (AvgIpc) is 2.83. The van der Waals surface area contributed by atoms with Crippen molar-refractivity contribution in [2.24, 2.45) is 5.73 Å². The molecule has 1 aromatic carbocycles. The molecule has 1 aromatic heterocycles. The number of rotatable bonds is 2. The average molecular weight is 254 g/mol. The molecule has 1 heterocycles. The van der Waals surface area contributed by atoms with Crippen molar-refractivity contribution < 1.29 is 9.21 Å². The van der Waals surface area contributed by atoms with Crippen LogP contribution in [0.2, 0.25) is 0 Å². The van der Waals surface area contributed by atoms with Crippen molar-refractivity contribution in [2.75, 3.05) is 11.9 Å². The Bertz CT molecular complexity index is 647. The van der Waals surface area contributed by atoms with E-state index in [1.54, 1.807) is 18.2 Å². The molecule has 0 saturated carbocycles. The molecule has 0 radical (unpaired) electrons. The number of furan rings is 1. The summed E-state index contributed by atoms with van der Waals surface area (Å²) in [5, 5.41) is 2.77. The van der Waals surface area contributed by atoms with E-state index in [2.05, 4.69) is 17.2 Å². The summed E-state index contributed by atoms with van der Waals surface area (Å²) in [7, 11) is 0. The number of benzene rings is 1. The first kappa shape index (κ1) is 12.9. The standard InChI is InChI=1S/C15H14N2O2/c1-11-7-9-19-14(11)15(18)17-13-6-2-4-12(10-13)5-3-8-16/h2,4,6-7,9-10H,8,16H2,1H3,(H,17,18). The number of aryl methyl sites for hydroxylation is 1. The highest BCUT2D eigenvalue weighted by atomic mass is 16.3. The molecule has 4 nitrogen and oxygen atoms in total. The van der Waals surface area contributed by atoms with Gasteiger partial charge in [0, 0.05) is 16.8 Å². The first-order valence-electron chi connectivity index (χ1n) is 5.85. The van der Waals surface area contributed by atoms with E-state index in [0.29, 0.717) is 18.0 Å². The molecule has 0 fully saturated rings. The minimum atomic E-state index is -0.272. The van der Waals surface area contributed by atoms with Gasteiger partial charge >= 0.3 is 0 Å². The van der Waals surface area contributed by atoms with Gasteiger partial charge in [-0.05, 0) is 31.2 Å². The second-order valence-corrected chi connectivity index (χ2v) is 3.97. The lowest BCUT2D eigenvalue weighted by Crippen LogP contribution is -2.12. The molecule has 0 aliphatic carbocycles. The topological polar surface area (TPSA) is 68.3 Å². The van der Waals surface area contributed by atoms with Gasteiger partial charge in [0.2, 0.25) is 0 Å². The number of nitrogens with one attached hydrogen (secondary N) is 1. The van der Waals surface area contributed by atoms with Crippen LogP contribution in [0.15, 0.2) is 41.0 Å². The summed E-state index contributed by atoms with van der Waals surface area (Å²) >= 11 is 0. The van der Waals surface area contributed by atoms with Crippen molar-refractivity contribution in [1.82, 2.24) is 0 Å². The Kier molecular flexibility index (Phi) is 4.01. The Morgan fingerprint density at radius 1 is 1.42 bits per heavy atom. The molecule has 0 bridgehead atoms. The van der Waals surface area contributed by atoms with Gasteiger partial charge in [0.25, 0.3) is 5.91 Å². The van der Waals surface area contributed by atoms with Crippen LogP contribution in [0.25, 0.3) is 0 Å². The molecule has 3 N–H and O–H groups in total. The summed E-state index contributed by atoms with van der Waals surface area (Å²) in [5.74, 6) is 5.73. The number of nitrogens with two attached hydrogens (primary N) is 1. The zero-order valence-corrected chi connectivity index (χ0v) is 10.6. The van der Waals surface area contributed by atoms with Crippen molar-refractivity contribution >= 4 is 11.6 Å². The predicted molar refractivity (Wildman–Crippen MR) is 73.8 cm³/mol. The van der Waals surface area contributed by atoms with Crippen LogP contribution < -0.4 is 11.1 Å². The molecule has 0 aliphatic heterocycles. The maximum Gasteiger partial charge on any atom is 0.291 e. The van der Waals surface area contributed by atoms with Crippen LogP contribution in [0, 0.1) is 18.8 Å². The van der Waals surface area contributed by atoms with E-state index in [1.807, 2.05) is 19.1 Å². The van der Waals surface area contributed by atoms with Crippen LogP contribution in [0.5, 0.6) is 0 Å². The summed E-state index contributed by atoms with van der Waals surface area (Å²) in [6.45, 7) is 2.13. The second-order valence-electron chi connectivity index (χ2n) is 3.97. The van der Waals surface area contributed by atoms with E-state index in [4.69, 9.17) is 10.2 Å². The van der Waals surface area contributed by atoms with Crippen LogP contribution in [0.3, 0.4) is 0 Å². The normalized spacial score (nSPS) is 9.58. The number of carbonyl (C=O) groups is 1. The fourth-order valence-electron chi connectivity index (χ4n) is 1.62. The fraction of sp³-hybridized carbons (Fsp3) is 0.133. The third-order valence-corrected chi connectivity index (χ3v) is 2.52. The number of carbonyl (C=O) groups excluding carboxylic acids is 1. The Morgan fingerprint density at radius 2 is 2.26 bits per heavy atom. The monoisotopic (exact) mass is 254 g/mol. The minimum absolute atomic E-state index is 0.272. The Balaban J connectivity index is 2.15. The first-order chi connectivity index (χ1) is 9.20. The van der Waals surface area contributed by atoms with E-state index >= 15 is 0 Å². The molecule has 0 atom stereocenters. The zero-order chi connectivity index (χ0) is 13.7. The van der Waals surface area contributed by atoms with Gasteiger partial charge < -0.3 is 15.5 Å². The van der Waals surface area contributed by atoms with E-state index < -0.39 is 0 Å². The molecule has 19 heavy (non-hydrogen) atoms. The molecule has 0 spiro atoms. The van der Waals surface area contributed by atoms with Crippen molar-refractivity contribution in [2.45, 2.75) is 6.92 Å². The molecule has 96 valence electrons. The fourth-order valence-corrected chi connectivity index (χ4v) is 1.62. The highest BCUT2D eigenvalue weighted by molar-refractivity contribution is 6.03. The van der Waals surface area contributed by atoms with E-state index in [0.717, 1.165) is 11.1 Å². The summed E-state index contributed by atoms with van der Waals surface area (Å²) in [5.41, 5.74) is 7.60. The van der Waals surface area contributed by atoms with Gasteiger partial charge in [0.1, 0.15) is 0 Å². The summed E-state index contributed by atoms with van der Waals surface area (Å²) < 4.78 is 5.14. The maximum atomic E-state index is 12.0. The van der Waals surface area contributed by atoms with Crippen molar-refractivity contribution in [3.05, 3.63) is 53.5 Å². The summed E-state index contributed by atoms with van der Waals surface area (Å²) in [6.07, 6.45) is 1.49. The first-order valence-corrected chi connectivity index (χ1v) is 5.85. The third-order valence-electron chi connectivity index (χ3n) is 2.52. The summed E-state index contributed by atoms with van der Waals surface area (Å²) in [4.78, 5) is 12.0. The lowest BCUT2D eigenvalue weighted by molar-refractivity contribution is 0.0996. The second kappa shape index (κ2) is 5.89. The lowest BCUT2D eigenvalue weighted by atomic mass is 10.2. The molecule has 0 saturated heterocycles. The Morgan fingerprint density at radius 3 is 2.95 bits per heavy atom. The van der Waals surface area contributed by atoms with E-state index in [1.165, 1.54) is 6.26 Å². The van der Waals surface area contributed by atoms with Crippen LogP contribution in [-0.4, -0.2) is 12.5 Å². The molecule has 2 rings (SSSR count). The van der Waals surface area contributed by atoms with Gasteiger partial charge in [-0.25, -0.2) is 0 Å². The number of hydrogen-bond donors (Lipinski definition) is 2. The van der Waals surface area contributed by atoms with Gasteiger partial charge in [-0.3, -0.25) is 4.79 Å². The van der Waals surface area contributed by atoms with Crippen molar-refractivity contribution in [3.8, 4) is 11.8 Å². The number of hydrogen-bond acceptors (Lipinski definition) is 3. The SMILES string of the molecule is Cc1ccoc1C(=O)Nc1cccc(C#CCN)c1.